The van der Waals surface area contributed by atoms with Crippen molar-refractivity contribution in [2.45, 2.75) is 19.0 Å². The number of thiophene rings is 1. The van der Waals surface area contributed by atoms with Gasteiger partial charge in [0.25, 0.3) is 0 Å². The van der Waals surface area contributed by atoms with Gasteiger partial charge in [0, 0.05) is 16.0 Å². The van der Waals surface area contributed by atoms with E-state index < -0.39 is 0 Å². The lowest BCUT2D eigenvalue weighted by molar-refractivity contribution is 0.550. The van der Waals surface area contributed by atoms with E-state index in [0.717, 1.165) is 26.8 Å². The van der Waals surface area contributed by atoms with E-state index in [-0.39, 0.29) is 6.04 Å². The van der Waals surface area contributed by atoms with E-state index in [4.69, 9.17) is 21.8 Å². The zero-order chi connectivity index (χ0) is 15.8. The van der Waals surface area contributed by atoms with Crippen molar-refractivity contribution in [3.63, 3.8) is 0 Å². The van der Waals surface area contributed by atoms with Gasteiger partial charge in [0.2, 0.25) is 5.89 Å². The number of anilines is 1. The van der Waals surface area contributed by atoms with Crippen molar-refractivity contribution in [2.75, 3.05) is 5.32 Å². The lowest BCUT2D eigenvalue weighted by Gasteiger charge is -2.14. The molecule has 2 aliphatic rings. The molecule has 0 saturated heterocycles. The van der Waals surface area contributed by atoms with Crippen LogP contribution in [-0.2, 0) is 6.54 Å². The molecule has 0 fully saturated rings. The molecule has 118 valence electrons. The Kier molecular flexibility index (Phi) is 3.55. The van der Waals surface area contributed by atoms with Gasteiger partial charge in [-0.05, 0) is 24.6 Å². The predicted molar refractivity (Wildman–Crippen MR) is 90.2 cm³/mol. The average molecular weight is 349 g/mol. The van der Waals surface area contributed by atoms with E-state index in [0.29, 0.717) is 24.3 Å². The molecule has 0 amide bonds. The summed E-state index contributed by atoms with van der Waals surface area (Å²) >= 11 is 7.41. The molecule has 1 aliphatic carbocycles. The van der Waals surface area contributed by atoms with Crippen LogP contribution in [0.1, 0.15) is 17.2 Å². The van der Waals surface area contributed by atoms with Crippen LogP contribution in [0.4, 0.5) is 6.01 Å². The fourth-order valence-corrected chi connectivity index (χ4v) is 3.48. The van der Waals surface area contributed by atoms with Crippen LogP contribution in [0.2, 0.25) is 4.34 Å². The zero-order valence-corrected chi connectivity index (χ0v) is 13.5. The number of hydrogen-bond acceptors (Lipinski definition) is 8. The molecule has 3 heterocycles. The van der Waals surface area contributed by atoms with Gasteiger partial charge in [-0.25, -0.2) is 0 Å². The van der Waals surface area contributed by atoms with E-state index in [9.17, 15) is 0 Å². The minimum atomic E-state index is 0.142. The summed E-state index contributed by atoms with van der Waals surface area (Å²) in [5, 5.41) is 15.2. The van der Waals surface area contributed by atoms with Gasteiger partial charge < -0.3 is 20.9 Å². The first-order chi connectivity index (χ1) is 11.2. The molecule has 1 atom stereocenters. The maximum absolute atomic E-state index is 5.90. The van der Waals surface area contributed by atoms with Crippen LogP contribution in [0, 0.1) is 0 Å². The molecule has 0 spiro atoms. The molecule has 4 rings (SSSR count). The summed E-state index contributed by atoms with van der Waals surface area (Å²) in [6.07, 6.45) is 4.75. The highest BCUT2D eigenvalue weighted by Gasteiger charge is 2.26. The molecular formula is C14H13ClN6OS. The smallest absolute Gasteiger partial charge is 0.316 e. The lowest BCUT2D eigenvalue weighted by atomic mass is 9.95. The summed E-state index contributed by atoms with van der Waals surface area (Å²) in [5.74, 6) is 0.968. The number of allylic oxidation sites excluding steroid dienone is 2. The highest BCUT2D eigenvalue weighted by atomic mass is 35.5. The summed E-state index contributed by atoms with van der Waals surface area (Å²) in [4.78, 5) is 1.10. The largest absolute Gasteiger partial charge is 0.403 e. The predicted octanol–water partition coefficient (Wildman–Crippen LogP) is 2.35. The maximum atomic E-state index is 5.90. The Labute approximate surface area is 140 Å². The molecule has 0 radical (unpaired) electrons. The van der Waals surface area contributed by atoms with Crippen molar-refractivity contribution in [3.8, 4) is 0 Å². The van der Waals surface area contributed by atoms with Crippen LogP contribution in [0.15, 0.2) is 39.4 Å². The summed E-state index contributed by atoms with van der Waals surface area (Å²) in [7, 11) is 0. The highest BCUT2D eigenvalue weighted by molar-refractivity contribution is 7.16. The van der Waals surface area contributed by atoms with Crippen molar-refractivity contribution in [1.82, 2.24) is 15.6 Å². The number of hydrazone groups is 1. The van der Waals surface area contributed by atoms with Gasteiger partial charge in [0.05, 0.1) is 16.9 Å². The molecule has 1 aliphatic heterocycles. The second-order valence-electron chi connectivity index (χ2n) is 5.15. The Hall–Kier alpha value is -2.32. The number of aromatic nitrogens is 2. The number of halogens is 1. The molecular weight excluding hydrogens is 336 g/mol. The third-order valence-corrected chi connectivity index (χ3v) is 4.84. The average Bonchev–Trinajstić information content (AvgIpc) is 3.26. The number of nitrogens with one attached hydrogen (secondary N) is 2. The topological polar surface area (TPSA) is 101 Å². The van der Waals surface area contributed by atoms with Crippen LogP contribution in [0.5, 0.6) is 0 Å². The number of nitrogens with zero attached hydrogens (tertiary/aromatic N) is 3. The monoisotopic (exact) mass is 348 g/mol. The fraction of sp³-hybridized carbons (Fsp3) is 0.214. The number of nitrogens with two attached hydrogens (primary N) is 1. The van der Waals surface area contributed by atoms with Crippen molar-refractivity contribution in [2.24, 2.45) is 10.8 Å². The highest BCUT2D eigenvalue weighted by Crippen LogP contribution is 2.28. The minimum Gasteiger partial charge on any atom is -0.403 e. The van der Waals surface area contributed by atoms with Gasteiger partial charge in [0.1, 0.15) is 5.84 Å². The molecule has 1 unspecified atom stereocenters. The van der Waals surface area contributed by atoms with Crippen LogP contribution < -0.4 is 16.5 Å². The summed E-state index contributed by atoms with van der Waals surface area (Å²) in [6.45, 7) is 0.588. The van der Waals surface area contributed by atoms with Crippen molar-refractivity contribution in [1.29, 1.82) is 0 Å². The third kappa shape index (κ3) is 2.82. The second-order valence-corrected chi connectivity index (χ2v) is 6.94. The van der Waals surface area contributed by atoms with Crippen LogP contribution >= 0.6 is 22.9 Å². The van der Waals surface area contributed by atoms with Crippen molar-refractivity contribution < 1.29 is 4.42 Å². The molecule has 0 aromatic carbocycles. The quantitative estimate of drug-likeness (QED) is 0.784. The molecule has 4 N–H and O–H groups in total. The lowest BCUT2D eigenvalue weighted by Crippen LogP contribution is -2.25. The van der Waals surface area contributed by atoms with Gasteiger partial charge >= 0.3 is 6.01 Å². The first kappa shape index (κ1) is 14.3. The SMILES string of the molecule is NC1=NNC2CC=C(c3nnc(NCc4ccc(Cl)s4)o3)C=C12. The van der Waals surface area contributed by atoms with Gasteiger partial charge in [-0.2, -0.15) is 5.10 Å². The third-order valence-electron chi connectivity index (χ3n) is 3.61. The molecule has 9 heteroatoms. The molecule has 2 aromatic heterocycles. The van der Waals surface area contributed by atoms with Gasteiger partial charge in [-0.3, -0.25) is 0 Å². The van der Waals surface area contributed by atoms with Gasteiger partial charge in [-0.1, -0.05) is 22.8 Å². The number of hydrogen-bond donors (Lipinski definition) is 3. The van der Waals surface area contributed by atoms with Gasteiger partial charge in [-0.15, -0.1) is 16.4 Å². The Morgan fingerprint density at radius 3 is 3.17 bits per heavy atom. The number of amidine groups is 1. The van der Waals surface area contributed by atoms with E-state index in [1.165, 1.54) is 11.3 Å². The normalized spacial score (nSPS) is 19.5. The summed E-state index contributed by atoms with van der Waals surface area (Å²) in [5.41, 5.74) is 10.7. The van der Waals surface area contributed by atoms with Crippen molar-refractivity contribution >= 4 is 40.4 Å². The maximum Gasteiger partial charge on any atom is 0.316 e. The first-order valence-corrected chi connectivity index (χ1v) is 8.21. The Morgan fingerprint density at radius 1 is 1.43 bits per heavy atom. The molecule has 0 bridgehead atoms. The Morgan fingerprint density at radius 2 is 2.35 bits per heavy atom. The zero-order valence-electron chi connectivity index (χ0n) is 11.9. The second kappa shape index (κ2) is 5.71. The van der Waals surface area contributed by atoms with E-state index in [2.05, 4.69) is 26.0 Å². The molecule has 7 nitrogen and oxygen atoms in total. The number of fused-ring (bicyclic) bond motifs is 1. The standard InChI is InChI=1S/C14H13ClN6OS/c15-11-4-2-8(23-11)6-17-14-21-20-13(22-14)7-1-3-10-9(5-7)12(16)19-18-10/h1-2,4-5,10,18H,3,6H2,(H2,16,19)(H,17,21). The fourth-order valence-electron chi connectivity index (χ4n) is 2.46. The number of rotatable bonds is 4. The van der Waals surface area contributed by atoms with Crippen LogP contribution in [-0.4, -0.2) is 22.1 Å². The van der Waals surface area contributed by atoms with Crippen LogP contribution in [0.3, 0.4) is 0 Å². The summed E-state index contributed by atoms with van der Waals surface area (Å²) in [6, 6.07) is 4.33. The summed E-state index contributed by atoms with van der Waals surface area (Å²) < 4.78 is 6.42. The minimum absolute atomic E-state index is 0.142. The van der Waals surface area contributed by atoms with Gasteiger partial charge in [0.15, 0.2) is 0 Å². The van der Waals surface area contributed by atoms with Crippen molar-refractivity contribution in [3.05, 3.63) is 45.0 Å². The van der Waals surface area contributed by atoms with Crippen LogP contribution in [0.25, 0.3) is 5.57 Å². The van der Waals surface area contributed by atoms with E-state index in [1.54, 1.807) is 0 Å². The molecule has 23 heavy (non-hydrogen) atoms. The van der Waals surface area contributed by atoms with E-state index >= 15 is 0 Å². The Balaban J connectivity index is 1.47. The van der Waals surface area contributed by atoms with E-state index in [1.807, 2.05) is 24.3 Å². The first-order valence-electron chi connectivity index (χ1n) is 7.02. The Bertz CT molecular complexity index is 836. The molecule has 2 aromatic rings. The molecule has 0 saturated carbocycles.